The van der Waals surface area contributed by atoms with Crippen molar-refractivity contribution in [3.63, 3.8) is 0 Å². The number of carbonyl (C=O) groups excluding carboxylic acids is 1. The SMILES string of the molecule is C=CCOC(=O)NCCSCc1ccc(C(=O)O)o1. The lowest BCUT2D eigenvalue weighted by Gasteiger charge is -2.04. The van der Waals surface area contributed by atoms with E-state index in [1.807, 2.05) is 0 Å². The smallest absolute Gasteiger partial charge is 0.407 e. The fourth-order valence-electron chi connectivity index (χ4n) is 1.15. The molecule has 0 aliphatic heterocycles. The molecule has 0 unspecified atom stereocenters. The summed E-state index contributed by atoms with van der Waals surface area (Å²) in [4.78, 5) is 21.6. The summed E-state index contributed by atoms with van der Waals surface area (Å²) < 4.78 is 9.81. The molecule has 0 aliphatic carbocycles. The van der Waals surface area contributed by atoms with Crippen molar-refractivity contribution in [1.29, 1.82) is 0 Å². The Morgan fingerprint density at radius 1 is 1.53 bits per heavy atom. The number of thioether (sulfide) groups is 1. The third kappa shape index (κ3) is 6.01. The minimum atomic E-state index is -1.08. The first kappa shape index (κ1) is 15.2. The van der Waals surface area contributed by atoms with Crippen molar-refractivity contribution in [3.8, 4) is 0 Å². The van der Waals surface area contributed by atoms with E-state index in [0.717, 1.165) is 0 Å². The van der Waals surface area contributed by atoms with Crippen LogP contribution in [-0.4, -0.2) is 36.1 Å². The molecule has 104 valence electrons. The molecule has 0 aliphatic rings. The lowest BCUT2D eigenvalue weighted by molar-refractivity contribution is 0.0660. The molecule has 0 bridgehead atoms. The number of carboxylic acid groups (broad SMARTS) is 1. The molecule has 6 nitrogen and oxygen atoms in total. The number of nitrogens with one attached hydrogen (secondary N) is 1. The van der Waals surface area contributed by atoms with Gasteiger partial charge in [0.1, 0.15) is 12.4 Å². The lowest BCUT2D eigenvalue weighted by atomic mass is 10.4. The maximum Gasteiger partial charge on any atom is 0.407 e. The molecule has 0 aromatic carbocycles. The van der Waals surface area contributed by atoms with Crippen LogP contribution < -0.4 is 5.32 Å². The zero-order valence-electron chi connectivity index (χ0n) is 10.3. The van der Waals surface area contributed by atoms with Crippen molar-refractivity contribution in [2.24, 2.45) is 0 Å². The van der Waals surface area contributed by atoms with Crippen LogP contribution in [0.5, 0.6) is 0 Å². The van der Waals surface area contributed by atoms with Crippen LogP contribution in [0.3, 0.4) is 0 Å². The van der Waals surface area contributed by atoms with Gasteiger partial charge in [0.05, 0.1) is 5.75 Å². The largest absolute Gasteiger partial charge is 0.475 e. The van der Waals surface area contributed by atoms with Gasteiger partial charge in [0.2, 0.25) is 5.76 Å². The highest BCUT2D eigenvalue weighted by atomic mass is 32.2. The van der Waals surface area contributed by atoms with Crippen molar-refractivity contribution in [2.75, 3.05) is 18.9 Å². The maximum atomic E-state index is 11.0. The van der Waals surface area contributed by atoms with Crippen molar-refractivity contribution in [2.45, 2.75) is 5.75 Å². The number of furan rings is 1. The third-order valence-corrected chi connectivity index (χ3v) is 2.95. The second kappa shape index (κ2) is 8.25. The summed E-state index contributed by atoms with van der Waals surface area (Å²) in [6.07, 6.45) is 1.01. The predicted molar refractivity (Wildman–Crippen MR) is 71.4 cm³/mol. The van der Waals surface area contributed by atoms with Gasteiger partial charge in [0.15, 0.2) is 0 Å². The van der Waals surface area contributed by atoms with E-state index in [1.165, 1.54) is 23.9 Å². The van der Waals surface area contributed by atoms with Gasteiger partial charge >= 0.3 is 12.1 Å². The zero-order chi connectivity index (χ0) is 14.1. The normalized spacial score (nSPS) is 9.89. The van der Waals surface area contributed by atoms with E-state index < -0.39 is 12.1 Å². The molecule has 2 N–H and O–H groups in total. The Labute approximate surface area is 114 Å². The van der Waals surface area contributed by atoms with Crippen LogP contribution in [0.4, 0.5) is 4.79 Å². The first-order valence-corrected chi connectivity index (χ1v) is 6.70. The first-order chi connectivity index (χ1) is 9.13. The Kier molecular flexibility index (Phi) is 6.59. The molecule has 0 radical (unpaired) electrons. The topological polar surface area (TPSA) is 88.8 Å². The summed E-state index contributed by atoms with van der Waals surface area (Å²) in [5.74, 6) is 0.671. The van der Waals surface area contributed by atoms with Gasteiger partial charge in [0, 0.05) is 12.3 Å². The van der Waals surface area contributed by atoms with Gasteiger partial charge in [-0.2, -0.15) is 11.8 Å². The number of carboxylic acids is 1. The van der Waals surface area contributed by atoms with E-state index in [0.29, 0.717) is 23.8 Å². The minimum absolute atomic E-state index is 0.0678. The molecule has 1 aromatic rings. The molecule has 0 saturated carbocycles. The van der Waals surface area contributed by atoms with E-state index in [1.54, 1.807) is 6.07 Å². The molecule has 1 aromatic heterocycles. The summed E-state index contributed by atoms with van der Waals surface area (Å²) in [5, 5.41) is 11.2. The molecular formula is C12H15NO5S. The number of ether oxygens (including phenoxy) is 1. The molecule has 1 heterocycles. The van der Waals surface area contributed by atoms with Gasteiger partial charge in [-0.25, -0.2) is 9.59 Å². The van der Waals surface area contributed by atoms with E-state index >= 15 is 0 Å². The molecule has 0 saturated heterocycles. The Bertz CT molecular complexity index is 443. The molecule has 1 amide bonds. The standard InChI is InChI=1S/C12H15NO5S/c1-2-6-17-12(16)13-5-7-19-8-9-3-4-10(18-9)11(14)15/h2-4H,1,5-8H2,(H,13,16)(H,14,15). The Hall–Kier alpha value is -1.89. The van der Waals surface area contributed by atoms with Crippen LogP contribution in [0, 0.1) is 0 Å². The molecule has 0 fully saturated rings. The van der Waals surface area contributed by atoms with Crippen LogP contribution in [0.1, 0.15) is 16.3 Å². The summed E-state index contributed by atoms with van der Waals surface area (Å²) in [5.41, 5.74) is 0. The van der Waals surface area contributed by atoms with Crippen molar-refractivity contribution in [1.82, 2.24) is 5.32 Å². The van der Waals surface area contributed by atoms with E-state index in [-0.39, 0.29) is 12.4 Å². The summed E-state index contributed by atoms with van der Waals surface area (Å²) in [6.45, 7) is 4.08. The number of carbonyl (C=O) groups is 2. The Morgan fingerprint density at radius 3 is 2.95 bits per heavy atom. The highest BCUT2D eigenvalue weighted by Crippen LogP contribution is 2.15. The van der Waals surface area contributed by atoms with Gasteiger partial charge in [-0.15, -0.1) is 0 Å². The van der Waals surface area contributed by atoms with Crippen molar-refractivity contribution in [3.05, 3.63) is 36.3 Å². The monoisotopic (exact) mass is 285 g/mol. The summed E-state index contributed by atoms with van der Waals surface area (Å²) in [6, 6.07) is 3.05. The van der Waals surface area contributed by atoms with Crippen LogP contribution in [0.2, 0.25) is 0 Å². The molecule has 0 atom stereocenters. The quantitative estimate of drug-likeness (QED) is 0.562. The second-order valence-electron chi connectivity index (χ2n) is 3.44. The Balaban J connectivity index is 2.11. The predicted octanol–water partition coefficient (Wildman–Crippen LogP) is 2.12. The molecule has 7 heteroatoms. The minimum Gasteiger partial charge on any atom is -0.475 e. The van der Waals surface area contributed by atoms with Crippen molar-refractivity contribution >= 4 is 23.8 Å². The van der Waals surface area contributed by atoms with Gasteiger partial charge in [-0.1, -0.05) is 12.7 Å². The van der Waals surface area contributed by atoms with Crippen molar-refractivity contribution < 1.29 is 23.8 Å². The Morgan fingerprint density at radius 2 is 2.32 bits per heavy atom. The van der Waals surface area contributed by atoms with Gasteiger partial charge in [-0.3, -0.25) is 0 Å². The average molecular weight is 285 g/mol. The zero-order valence-corrected chi connectivity index (χ0v) is 11.1. The number of hydrogen-bond donors (Lipinski definition) is 2. The highest BCUT2D eigenvalue weighted by molar-refractivity contribution is 7.98. The maximum absolute atomic E-state index is 11.0. The molecular weight excluding hydrogens is 270 g/mol. The van der Waals surface area contributed by atoms with E-state index in [9.17, 15) is 9.59 Å². The van der Waals surface area contributed by atoms with E-state index in [4.69, 9.17) is 14.3 Å². The fourth-order valence-corrected chi connectivity index (χ4v) is 1.90. The molecule has 19 heavy (non-hydrogen) atoms. The lowest BCUT2D eigenvalue weighted by Crippen LogP contribution is -2.26. The molecule has 0 spiro atoms. The number of aromatic carboxylic acids is 1. The van der Waals surface area contributed by atoms with Gasteiger partial charge in [0.25, 0.3) is 0 Å². The van der Waals surface area contributed by atoms with Crippen LogP contribution in [0.15, 0.2) is 29.2 Å². The number of alkyl carbamates (subject to hydrolysis) is 1. The fraction of sp³-hybridized carbons (Fsp3) is 0.333. The highest BCUT2D eigenvalue weighted by Gasteiger charge is 2.08. The van der Waals surface area contributed by atoms with Crippen LogP contribution >= 0.6 is 11.8 Å². The number of amides is 1. The van der Waals surface area contributed by atoms with E-state index in [2.05, 4.69) is 11.9 Å². The molecule has 1 rings (SSSR count). The summed E-state index contributed by atoms with van der Waals surface area (Å²) in [7, 11) is 0. The third-order valence-electron chi connectivity index (χ3n) is 1.96. The number of hydrogen-bond acceptors (Lipinski definition) is 5. The number of rotatable bonds is 8. The summed E-state index contributed by atoms with van der Waals surface area (Å²) >= 11 is 1.52. The van der Waals surface area contributed by atoms with Crippen LogP contribution in [-0.2, 0) is 10.5 Å². The first-order valence-electron chi connectivity index (χ1n) is 5.54. The van der Waals surface area contributed by atoms with Crippen LogP contribution in [0.25, 0.3) is 0 Å². The van der Waals surface area contributed by atoms with Gasteiger partial charge in [-0.05, 0) is 12.1 Å². The average Bonchev–Trinajstić information content (AvgIpc) is 2.85. The second-order valence-corrected chi connectivity index (χ2v) is 4.54. The van der Waals surface area contributed by atoms with Gasteiger partial charge < -0.3 is 19.6 Å².